The van der Waals surface area contributed by atoms with Gasteiger partial charge in [-0.25, -0.2) is 9.59 Å². The zero-order valence-electron chi connectivity index (χ0n) is 10.4. The van der Waals surface area contributed by atoms with Gasteiger partial charge in [-0.3, -0.25) is 0 Å². The number of hydrogen-bond acceptors (Lipinski definition) is 2. The summed E-state index contributed by atoms with van der Waals surface area (Å²) < 4.78 is 0. The molecule has 0 aliphatic rings. The number of nitrogens with zero attached hydrogens (tertiary/aromatic N) is 1. The van der Waals surface area contributed by atoms with Gasteiger partial charge in [0.2, 0.25) is 0 Å². The Morgan fingerprint density at radius 3 is 2.59 bits per heavy atom. The van der Waals surface area contributed by atoms with Crippen LogP contribution in [0.5, 0.6) is 0 Å². The lowest BCUT2D eigenvalue weighted by Crippen LogP contribution is -2.46. The number of terminal acetylenes is 1. The summed E-state index contributed by atoms with van der Waals surface area (Å²) >= 11 is 0. The molecule has 0 aromatic carbocycles. The molecule has 1 unspecified atom stereocenters. The Morgan fingerprint density at radius 1 is 1.47 bits per heavy atom. The van der Waals surface area contributed by atoms with Crippen LogP contribution in [0.1, 0.15) is 32.6 Å². The zero-order valence-corrected chi connectivity index (χ0v) is 10.4. The molecule has 0 heterocycles. The first-order valence-electron chi connectivity index (χ1n) is 5.70. The molecular weight excluding hydrogens is 220 g/mol. The van der Waals surface area contributed by atoms with Crippen LogP contribution in [0.4, 0.5) is 4.79 Å². The van der Waals surface area contributed by atoms with Gasteiger partial charge >= 0.3 is 12.0 Å². The Hall–Kier alpha value is -1.70. The van der Waals surface area contributed by atoms with Crippen molar-refractivity contribution < 1.29 is 14.7 Å². The van der Waals surface area contributed by atoms with Crippen LogP contribution in [-0.4, -0.2) is 41.6 Å². The predicted molar refractivity (Wildman–Crippen MR) is 65.6 cm³/mol. The van der Waals surface area contributed by atoms with E-state index in [1.807, 2.05) is 0 Å². The number of amides is 2. The van der Waals surface area contributed by atoms with Gasteiger partial charge in [0.25, 0.3) is 0 Å². The summed E-state index contributed by atoms with van der Waals surface area (Å²) in [6.45, 7) is 2.69. The van der Waals surface area contributed by atoms with Crippen LogP contribution in [-0.2, 0) is 4.79 Å². The van der Waals surface area contributed by atoms with Gasteiger partial charge in [0.05, 0.1) is 0 Å². The third-order valence-corrected chi connectivity index (χ3v) is 2.36. The Labute approximate surface area is 102 Å². The van der Waals surface area contributed by atoms with E-state index in [4.69, 9.17) is 11.5 Å². The molecule has 0 aliphatic heterocycles. The second-order valence-electron chi connectivity index (χ2n) is 3.88. The minimum Gasteiger partial charge on any atom is -0.480 e. The molecule has 0 bridgehead atoms. The van der Waals surface area contributed by atoms with Crippen molar-refractivity contribution in [3.05, 3.63) is 0 Å². The molecule has 96 valence electrons. The lowest BCUT2D eigenvalue weighted by atomic mass is 10.2. The van der Waals surface area contributed by atoms with Crippen LogP contribution in [0.15, 0.2) is 0 Å². The Morgan fingerprint density at radius 2 is 2.12 bits per heavy atom. The van der Waals surface area contributed by atoms with Crippen LogP contribution >= 0.6 is 0 Å². The molecule has 2 N–H and O–H groups in total. The van der Waals surface area contributed by atoms with Crippen LogP contribution in [0, 0.1) is 12.3 Å². The van der Waals surface area contributed by atoms with Crippen molar-refractivity contribution in [2.45, 2.75) is 38.6 Å². The quantitative estimate of drug-likeness (QED) is 0.520. The molecule has 0 saturated heterocycles. The summed E-state index contributed by atoms with van der Waals surface area (Å²) in [5.41, 5.74) is 0. The summed E-state index contributed by atoms with van der Waals surface area (Å²) in [6.07, 6.45) is 8.06. The van der Waals surface area contributed by atoms with Crippen LogP contribution in [0.3, 0.4) is 0 Å². The van der Waals surface area contributed by atoms with Gasteiger partial charge in [-0.15, -0.1) is 12.3 Å². The standard InChI is InChI=1S/C12H20N2O3/c1-4-6-7-9-14(3)12(17)13-10(8-5-2)11(15)16/h2,10H,4,6-9H2,1,3H3,(H,13,17)(H,15,16). The topological polar surface area (TPSA) is 69.6 Å². The average Bonchev–Trinajstić information content (AvgIpc) is 2.28. The number of nitrogens with one attached hydrogen (secondary N) is 1. The number of unbranched alkanes of at least 4 members (excludes halogenated alkanes) is 2. The molecule has 17 heavy (non-hydrogen) atoms. The number of urea groups is 1. The maximum atomic E-state index is 11.6. The molecule has 0 radical (unpaired) electrons. The first kappa shape index (κ1) is 15.3. The predicted octanol–water partition coefficient (Wildman–Crippen LogP) is 1.29. The fourth-order valence-corrected chi connectivity index (χ4v) is 1.28. The summed E-state index contributed by atoms with van der Waals surface area (Å²) in [7, 11) is 1.64. The first-order valence-corrected chi connectivity index (χ1v) is 5.70. The maximum Gasteiger partial charge on any atom is 0.327 e. The number of carbonyl (C=O) groups excluding carboxylic acids is 1. The van der Waals surface area contributed by atoms with Crippen LogP contribution in [0.2, 0.25) is 0 Å². The Kier molecular flexibility index (Phi) is 7.61. The van der Waals surface area contributed by atoms with Crippen LogP contribution < -0.4 is 5.32 Å². The fourth-order valence-electron chi connectivity index (χ4n) is 1.28. The Balaban J connectivity index is 4.12. The van der Waals surface area contributed by atoms with Crippen LogP contribution in [0.25, 0.3) is 0 Å². The molecule has 0 saturated carbocycles. The van der Waals surface area contributed by atoms with Gasteiger partial charge in [-0.1, -0.05) is 19.8 Å². The summed E-state index contributed by atoms with van der Waals surface area (Å²) in [5.74, 6) is 1.12. The van der Waals surface area contributed by atoms with Crippen molar-refractivity contribution in [3.63, 3.8) is 0 Å². The second-order valence-corrected chi connectivity index (χ2v) is 3.88. The number of carboxylic acids is 1. The van der Waals surface area contributed by atoms with Gasteiger partial charge in [0.15, 0.2) is 0 Å². The molecular formula is C12H20N2O3. The highest BCUT2D eigenvalue weighted by Gasteiger charge is 2.20. The van der Waals surface area contributed by atoms with Gasteiger partial charge in [0, 0.05) is 20.0 Å². The smallest absolute Gasteiger partial charge is 0.327 e. The van der Waals surface area contributed by atoms with Gasteiger partial charge in [-0.2, -0.15) is 0 Å². The number of rotatable bonds is 7. The highest BCUT2D eigenvalue weighted by molar-refractivity contribution is 5.82. The van der Waals surface area contributed by atoms with Crippen molar-refractivity contribution in [1.29, 1.82) is 0 Å². The van der Waals surface area contributed by atoms with E-state index in [1.165, 1.54) is 4.90 Å². The summed E-state index contributed by atoms with van der Waals surface area (Å²) in [6, 6.07) is -1.41. The number of hydrogen-bond donors (Lipinski definition) is 2. The van der Waals surface area contributed by atoms with E-state index in [1.54, 1.807) is 7.05 Å². The van der Waals surface area contributed by atoms with E-state index < -0.39 is 18.0 Å². The molecule has 0 aromatic heterocycles. The number of carbonyl (C=O) groups is 2. The minimum absolute atomic E-state index is 0.0100. The van der Waals surface area contributed by atoms with E-state index >= 15 is 0 Å². The van der Waals surface area contributed by atoms with E-state index in [0.717, 1.165) is 19.3 Å². The molecule has 0 rings (SSSR count). The monoisotopic (exact) mass is 240 g/mol. The SMILES string of the molecule is C#CCC(NC(=O)N(C)CCCCC)C(=O)O. The van der Waals surface area contributed by atoms with E-state index in [9.17, 15) is 9.59 Å². The van der Waals surface area contributed by atoms with Gasteiger partial charge < -0.3 is 15.3 Å². The molecule has 0 fully saturated rings. The largest absolute Gasteiger partial charge is 0.480 e. The molecule has 0 aliphatic carbocycles. The number of aliphatic carboxylic acids is 1. The van der Waals surface area contributed by atoms with Gasteiger partial charge in [0.1, 0.15) is 6.04 Å². The van der Waals surface area contributed by atoms with Crippen molar-refractivity contribution in [1.82, 2.24) is 10.2 Å². The Bertz CT molecular complexity index is 297. The lowest BCUT2D eigenvalue weighted by Gasteiger charge is -2.20. The van der Waals surface area contributed by atoms with Gasteiger partial charge in [-0.05, 0) is 6.42 Å². The normalized spacial score (nSPS) is 11.4. The third-order valence-electron chi connectivity index (χ3n) is 2.36. The van der Waals surface area contributed by atoms with Crippen molar-refractivity contribution >= 4 is 12.0 Å². The minimum atomic E-state index is -1.11. The van der Waals surface area contributed by atoms with E-state index in [2.05, 4.69) is 18.2 Å². The maximum absolute atomic E-state index is 11.6. The van der Waals surface area contributed by atoms with Crippen molar-refractivity contribution in [2.24, 2.45) is 0 Å². The second kappa shape index (κ2) is 8.45. The van der Waals surface area contributed by atoms with Crippen molar-refractivity contribution in [2.75, 3.05) is 13.6 Å². The lowest BCUT2D eigenvalue weighted by molar-refractivity contribution is -0.139. The zero-order chi connectivity index (χ0) is 13.3. The fraction of sp³-hybridized carbons (Fsp3) is 0.667. The highest BCUT2D eigenvalue weighted by atomic mass is 16.4. The molecule has 1 atom stereocenters. The van der Waals surface area contributed by atoms with Crippen molar-refractivity contribution in [3.8, 4) is 12.3 Å². The molecule has 2 amide bonds. The summed E-state index contributed by atoms with van der Waals surface area (Å²) in [5, 5.41) is 11.2. The molecule has 0 spiro atoms. The first-order chi connectivity index (χ1) is 8.02. The average molecular weight is 240 g/mol. The van der Waals surface area contributed by atoms with E-state index in [0.29, 0.717) is 6.54 Å². The molecule has 5 heteroatoms. The third kappa shape index (κ3) is 6.46. The van der Waals surface area contributed by atoms with E-state index in [-0.39, 0.29) is 6.42 Å². The molecule has 0 aromatic rings. The summed E-state index contributed by atoms with van der Waals surface area (Å²) in [4.78, 5) is 23.9. The number of carboxylic acid groups (broad SMARTS) is 1. The molecule has 5 nitrogen and oxygen atoms in total. The highest BCUT2D eigenvalue weighted by Crippen LogP contribution is 1.98.